The molecule has 4 nitrogen and oxygen atoms in total. The summed E-state index contributed by atoms with van der Waals surface area (Å²) < 4.78 is 27.2. The molecule has 0 aromatic heterocycles. The van der Waals surface area contributed by atoms with E-state index in [2.05, 4.69) is 0 Å². The lowest BCUT2D eigenvalue weighted by Crippen LogP contribution is -2.30. The topological polar surface area (TPSA) is 61.2 Å². The number of nitrogens with zero attached hydrogens (tertiary/aromatic N) is 2. The molecule has 2 fully saturated rings. The Morgan fingerprint density at radius 2 is 1.90 bits per heavy atom. The Bertz CT molecular complexity index is 664. The van der Waals surface area contributed by atoms with E-state index in [1.807, 2.05) is 6.07 Å². The molecule has 1 saturated carbocycles. The molecular formula is C15H18N2O2S. The lowest BCUT2D eigenvalue weighted by atomic mass is 10.0. The van der Waals surface area contributed by atoms with Crippen LogP contribution in [-0.4, -0.2) is 25.8 Å². The average molecular weight is 290 g/mol. The molecule has 3 rings (SSSR count). The molecule has 0 radical (unpaired) electrons. The Morgan fingerprint density at radius 3 is 2.50 bits per heavy atom. The van der Waals surface area contributed by atoms with Crippen LogP contribution in [0.25, 0.3) is 0 Å². The van der Waals surface area contributed by atoms with Crippen LogP contribution in [-0.2, 0) is 10.0 Å². The maximum absolute atomic E-state index is 12.8. The van der Waals surface area contributed by atoms with Gasteiger partial charge in [-0.1, -0.05) is 12.5 Å². The van der Waals surface area contributed by atoms with E-state index >= 15 is 0 Å². The van der Waals surface area contributed by atoms with Gasteiger partial charge >= 0.3 is 0 Å². The summed E-state index contributed by atoms with van der Waals surface area (Å²) in [7, 11) is -3.46. The average Bonchev–Trinajstić information content (AvgIpc) is 3.00. The normalized spacial score (nSPS) is 26.4. The highest BCUT2D eigenvalue weighted by Gasteiger charge is 2.41. The van der Waals surface area contributed by atoms with Crippen LogP contribution < -0.4 is 0 Å². The zero-order valence-electron chi connectivity index (χ0n) is 11.5. The van der Waals surface area contributed by atoms with Gasteiger partial charge in [-0.15, -0.1) is 0 Å². The van der Waals surface area contributed by atoms with Crippen LogP contribution in [0.2, 0.25) is 0 Å². The summed E-state index contributed by atoms with van der Waals surface area (Å²) in [6.07, 6.45) is 3.52. The summed E-state index contributed by atoms with van der Waals surface area (Å²) in [5.41, 5.74) is 1.11. The smallest absolute Gasteiger partial charge is 0.207 e. The molecule has 20 heavy (non-hydrogen) atoms. The largest absolute Gasteiger partial charge is 0.243 e. The van der Waals surface area contributed by atoms with Crippen molar-refractivity contribution in [3.63, 3.8) is 0 Å². The third-order valence-corrected chi connectivity index (χ3v) is 6.60. The first kappa shape index (κ1) is 13.6. The fraction of sp³-hybridized carbons (Fsp3) is 0.533. The summed E-state index contributed by atoms with van der Waals surface area (Å²) in [5.74, 6) is 1.06. The molecule has 1 saturated heterocycles. The van der Waals surface area contributed by atoms with E-state index in [-0.39, 0.29) is 4.90 Å². The van der Waals surface area contributed by atoms with Crippen molar-refractivity contribution >= 4 is 10.0 Å². The van der Waals surface area contributed by atoms with Gasteiger partial charge in [-0.05, 0) is 49.3 Å². The Kier molecular flexibility index (Phi) is 3.31. The molecular weight excluding hydrogens is 272 g/mol. The third-order valence-electron chi connectivity index (χ3n) is 4.63. The first-order chi connectivity index (χ1) is 9.52. The summed E-state index contributed by atoms with van der Waals surface area (Å²) >= 11 is 0. The molecule has 5 heteroatoms. The number of aryl methyl sites for hydroxylation is 1. The summed E-state index contributed by atoms with van der Waals surface area (Å²) in [6.45, 7) is 3.07. The van der Waals surface area contributed by atoms with Crippen LogP contribution in [0.15, 0.2) is 23.1 Å². The van der Waals surface area contributed by atoms with E-state index in [9.17, 15) is 8.42 Å². The first-order valence-corrected chi connectivity index (χ1v) is 8.47. The van der Waals surface area contributed by atoms with Gasteiger partial charge in [0.25, 0.3) is 0 Å². The number of sulfonamides is 1. The number of nitriles is 1. The molecule has 106 valence electrons. The minimum absolute atomic E-state index is 0.288. The summed E-state index contributed by atoms with van der Waals surface area (Å²) in [5, 5.41) is 8.96. The lowest BCUT2D eigenvalue weighted by Gasteiger charge is -2.18. The standard InChI is InChI=1S/C15H18N2O2S/c1-11-5-6-12(8-16)7-15(11)20(18,19)17-9-13-3-2-4-14(13)10-17/h5-7,13-14H,2-4,9-10H2,1H3. The highest BCUT2D eigenvalue weighted by Crippen LogP contribution is 2.40. The van der Waals surface area contributed by atoms with E-state index < -0.39 is 10.0 Å². The van der Waals surface area contributed by atoms with Crippen molar-refractivity contribution in [2.45, 2.75) is 31.1 Å². The zero-order valence-corrected chi connectivity index (χ0v) is 12.4. The Balaban J connectivity index is 1.95. The molecule has 2 atom stereocenters. The molecule has 1 aliphatic carbocycles. The molecule has 2 aliphatic rings. The minimum atomic E-state index is -3.46. The summed E-state index contributed by atoms with van der Waals surface area (Å²) in [6, 6.07) is 6.88. The predicted molar refractivity (Wildman–Crippen MR) is 75.5 cm³/mol. The van der Waals surface area contributed by atoms with Gasteiger partial charge < -0.3 is 0 Å². The van der Waals surface area contributed by atoms with Crippen molar-refractivity contribution in [3.05, 3.63) is 29.3 Å². The van der Waals surface area contributed by atoms with Crippen molar-refractivity contribution < 1.29 is 8.42 Å². The monoisotopic (exact) mass is 290 g/mol. The van der Waals surface area contributed by atoms with Crippen LogP contribution in [0, 0.1) is 30.1 Å². The first-order valence-electron chi connectivity index (χ1n) is 7.03. The van der Waals surface area contributed by atoms with E-state index in [0.717, 1.165) is 12.8 Å². The van der Waals surface area contributed by atoms with E-state index in [1.165, 1.54) is 12.5 Å². The number of rotatable bonds is 2. The van der Waals surface area contributed by atoms with Crippen LogP contribution in [0.4, 0.5) is 0 Å². The summed E-state index contributed by atoms with van der Waals surface area (Å²) in [4.78, 5) is 0.288. The van der Waals surface area contributed by atoms with Gasteiger partial charge in [-0.2, -0.15) is 9.57 Å². The maximum Gasteiger partial charge on any atom is 0.243 e. The third kappa shape index (κ3) is 2.13. The molecule has 1 aliphatic heterocycles. The van der Waals surface area contributed by atoms with Crippen molar-refractivity contribution in [1.82, 2.24) is 4.31 Å². The van der Waals surface area contributed by atoms with E-state index in [1.54, 1.807) is 23.4 Å². The second kappa shape index (κ2) is 4.87. The fourth-order valence-electron chi connectivity index (χ4n) is 3.47. The number of benzene rings is 1. The Labute approximate surface area is 120 Å². The number of hydrogen-bond acceptors (Lipinski definition) is 3. The van der Waals surface area contributed by atoms with Crippen molar-refractivity contribution in [2.75, 3.05) is 13.1 Å². The quantitative estimate of drug-likeness (QED) is 0.839. The second-order valence-electron chi connectivity index (χ2n) is 5.87. The molecule has 1 heterocycles. The van der Waals surface area contributed by atoms with Gasteiger partial charge in [0.1, 0.15) is 0 Å². The van der Waals surface area contributed by atoms with Crippen LogP contribution in [0.5, 0.6) is 0 Å². The van der Waals surface area contributed by atoms with Crippen molar-refractivity contribution in [2.24, 2.45) is 11.8 Å². The van der Waals surface area contributed by atoms with Gasteiger partial charge in [0, 0.05) is 13.1 Å². The van der Waals surface area contributed by atoms with E-state index in [4.69, 9.17) is 5.26 Å². The maximum atomic E-state index is 12.8. The highest BCUT2D eigenvalue weighted by molar-refractivity contribution is 7.89. The Hall–Kier alpha value is -1.38. The molecule has 0 spiro atoms. The SMILES string of the molecule is Cc1ccc(C#N)cc1S(=O)(=O)N1CC2CCCC2C1. The molecule has 1 aromatic rings. The lowest BCUT2D eigenvalue weighted by molar-refractivity contribution is 0.445. The number of fused-ring (bicyclic) bond motifs is 1. The number of hydrogen-bond donors (Lipinski definition) is 0. The fourth-order valence-corrected chi connectivity index (χ4v) is 5.28. The zero-order chi connectivity index (χ0) is 14.3. The molecule has 1 aromatic carbocycles. The Morgan fingerprint density at radius 1 is 1.25 bits per heavy atom. The molecule has 0 bridgehead atoms. The molecule has 0 amide bonds. The molecule has 0 N–H and O–H groups in total. The molecule has 2 unspecified atom stereocenters. The minimum Gasteiger partial charge on any atom is -0.207 e. The van der Waals surface area contributed by atoms with Gasteiger partial charge in [0.15, 0.2) is 0 Å². The van der Waals surface area contributed by atoms with E-state index in [0.29, 0.717) is 36.1 Å². The van der Waals surface area contributed by atoms with Gasteiger partial charge in [0.2, 0.25) is 10.0 Å². The van der Waals surface area contributed by atoms with Gasteiger partial charge in [0.05, 0.1) is 16.5 Å². The van der Waals surface area contributed by atoms with Gasteiger partial charge in [-0.25, -0.2) is 8.42 Å². The van der Waals surface area contributed by atoms with Crippen LogP contribution in [0.1, 0.15) is 30.4 Å². The second-order valence-corrected chi connectivity index (χ2v) is 7.77. The van der Waals surface area contributed by atoms with Gasteiger partial charge in [-0.3, -0.25) is 0 Å². The highest BCUT2D eigenvalue weighted by atomic mass is 32.2. The van der Waals surface area contributed by atoms with Crippen LogP contribution in [0.3, 0.4) is 0 Å². The van der Waals surface area contributed by atoms with Crippen molar-refractivity contribution in [1.29, 1.82) is 5.26 Å². The van der Waals surface area contributed by atoms with Crippen molar-refractivity contribution in [3.8, 4) is 6.07 Å². The van der Waals surface area contributed by atoms with Crippen LogP contribution >= 0.6 is 0 Å². The predicted octanol–water partition coefficient (Wildman–Crippen LogP) is 2.29.